The molecule has 0 radical (unpaired) electrons. The van der Waals surface area contributed by atoms with E-state index in [0.717, 1.165) is 6.54 Å². The third-order valence-corrected chi connectivity index (χ3v) is 4.08. The van der Waals surface area contributed by atoms with Crippen LogP contribution in [0.2, 0.25) is 0 Å². The Kier molecular flexibility index (Phi) is 4.11. The third kappa shape index (κ3) is 3.08. The lowest BCUT2D eigenvalue weighted by Crippen LogP contribution is -2.41. The van der Waals surface area contributed by atoms with Crippen LogP contribution in [0.25, 0.3) is 0 Å². The van der Waals surface area contributed by atoms with E-state index in [1.54, 1.807) is 0 Å². The fourth-order valence-corrected chi connectivity index (χ4v) is 2.46. The number of nitrogens with one attached hydrogen (secondary N) is 1. The van der Waals surface area contributed by atoms with Crippen molar-refractivity contribution in [2.24, 2.45) is 10.7 Å². The molecule has 0 bridgehead atoms. The highest BCUT2D eigenvalue weighted by molar-refractivity contribution is 8.00. The van der Waals surface area contributed by atoms with E-state index in [1.807, 2.05) is 11.8 Å². The van der Waals surface area contributed by atoms with Crippen LogP contribution >= 0.6 is 11.8 Å². The summed E-state index contributed by atoms with van der Waals surface area (Å²) in [6.45, 7) is 4.99. The molecule has 14 heavy (non-hydrogen) atoms. The second kappa shape index (κ2) is 4.91. The minimum absolute atomic E-state index is 0.366. The molecule has 1 rings (SSSR count). The first-order valence-electron chi connectivity index (χ1n) is 5.19. The lowest BCUT2D eigenvalue weighted by atomic mass is 9.84. The zero-order chi connectivity index (χ0) is 10.6. The summed E-state index contributed by atoms with van der Waals surface area (Å²) in [6, 6.07) is 0.366. The molecule has 0 aromatic rings. The first-order valence-corrected chi connectivity index (χ1v) is 6.42. The Balaban J connectivity index is 2.36. The van der Waals surface area contributed by atoms with Gasteiger partial charge in [0.15, 0.2) is 5.96 Å². The van der Waals surface area contributed by atoms with Crippen molar-refractivity contribution in [2.75, 3.05) is 12.8 Å². The number of hydrogen-bond acceptors (Lipinski definition) is 2. The summed E-state index contributed by atoms with van der Waals surface area (Å²) in [5, 5.41) is 3.11. The van der Waals surface area contributed by atoms with Crippen molar-refractivity contribution in [1.82, 2.24) is 5.32 Å². The van der Waals surface area contributed by atoms with E-state index >= 15 is 0 Å². The van der Waals surface area contributed by atoms with Gasteiger partial charge in [0, 0.05) is 10.8 Å². The monoisotopic (exact) mass is 215 g/mol. The number of aliphatic imine (C=N–C) groups is 1. The van der Waals surface area contributed by atoms with Gasteiger partial charge in [-0.1, -0.05) is 6.42 Å². The second-order valence-electron chi connectivity index (χ2n) is 4.24. The molecule has 0 spiro atoms. The highest BCUT2D eigenvalue weighted by Crippen LogP contribution is 2.42. The van der Waals surface area contributed by atoms with Crippen molar-refractivity contribution in [1.29, 1.82) is 0 Å². The van der Waals surface area contributed by atoms with E-state index in [9.17, 15) is 0 Å². The van der Waals surface area contributed by atoms with Crippen molar-refractivity contribution >= 4 is 17.7 Å². The van der Waals surface area contributed by atoms with Crippen molar-refractivity contribution in [2.45, 2.75) is 43.9 Å². The molecule has 0 aliphatic heterocycles. The van der Waals surface area contributed by atoms with Crippen LogP contribution in [0.15, 0.2) is 4.99 Å². The van der Waals surface area contributed by atoms with Crippen molar-refractivity contribution in [3.05, 3.63) is 0 Å². The minimum atomic E-state index is 0.366. The third-order valence-electron chi connectivity index (χ3n) is 2.67. The van der Waals surface area contributed by atoms with Crippen LogP contribution in [0.5, 0.6) is 0 Å². The molecule has 0 aromatic heterocycles. The van der Waals surface area contributed by atoms with Crippen molar-refractivity contribution in [3.8, 4) is 0 Å². The Morgan fingerprint density at radius 3 is 2.57 bits per heavy atom. The number of nitrogens with zero attached hydrogens (tertiary/aromatic N) is 1. The Labute approximate surface area is 90.9 Å². The van der Waals surface area contributed by atoms with E-state index in [-0.39, 0.29) is 0 Å². The number of thioether (sulfide) groups is 1. The number of hydrogen-bond donors (Lipinski definition) is 2. The molecular formula is C10H21N3S. The lowest BCUT2D eigenvalue weighted by molar-refractivity contribution is 0.372. The van der Waals surface area contributed by atoms with E-state index in [1.165, 1.54) is 19.3 Å². The molecule has 82 valence electrons. The molecular weight excluding hydrogens is 194 g/mol. The van der Waals surface area contributed by atoms with Crippen LogP contribution in [-0.4, -0.2) is 29.5 Å². The first-order chi connectivity index (χ1) is 6.58. The summed E-state index contributed by atoms with van der Waals surface area (Å²) in [4.78, 5) is 4.39. The summed E-state index contributed by atoms with van der Waals surface area (Å²) < 4.78 is 0.392. The van der Waals surface area contributed by atoms with Gasteiger partial charge >= 0.3 is 0 Å². The van der Waals surface area contributed by atoms with Gasteiger partial charge in [-0.25, -0.2) is 0 Å². The van der Waals surface area contributed by atoms with Gasteiger partial charge < -0.3 is 11.1 Å². The van der Waals surface area contributed by atoms with Gasteiger partial charge in [-0.2, -0.15) is 11.8 Å². The molecule has 1 aliphatic carbocycles. The Bertz CT molecular complexity index is 204. The molecule has 3 N–H and O–H groups in total. The van der Waals surface area contributed by atoms with Crippen LogP contribution in [-0.2, 0) is 0 Å². The normalized spacial score (nSPS) is 20.7. The van der Waals surface area contributed by atoms with Crippen molar-refractivity contribution in [3.63, 3.8) is 0 Å². The van der Waals surface area contributed by atoms with Gasteiger partial charge in [0.1, 0.15) is 0 Å². The molecule has 0 unspecified atom stereocenters. The molecule has 0 atom stereocenters. The molecule has 0 heterocycles. The highest BCUT2D eigenvalue weighted by atomic mass is 32.2. The molecule has 0 saturated heterocycles. The van der Waals surface area contributed by atoms with E-state index in [2.05, 4.69) is 30.4 Å². The van der Waals surface area contributed by atoms with Crippen LogP contribution in [0.4, 0.5) is 0 Å². The molecule has 0 amide bonds. The Hall–Kier alpha value is -0.380. The van der Waals surface area contributed by atoms with Crippen LogP contribution in [0.1, 0.15) is 33.1 Å². The summed E-state index contributed by atoms with van der Waals surface area (Å²) in [5.74, 6) is 0.584. The predicted molar refractivity (Wildman–Crippen MR) is 64.9 cm³/mol. The van der Waals surface area contributed by atoms with E-state index in [4.69, 9.17) is 5.73 Å². The van der Waals surface area contributed by atoms with Gasteiger partial charge in [-0.3, -0.25) is 4.99 Å². The standard InChI is InChI=1S/C10H21N3S/c1-8(2)13-9(11)12-7-10(14-3)5-4-6-10/h8H,4-7H2,1-3H3,(H3,11,12,13). The maximum absolute atomic E-state index is 5.74. The SMILES string of the molecule is CSC1(CN=C(N)NC(C)C)CCC1. The van der Waals surface area contributed by atoms with Crippen LogP contribution in [0.3, 0.4) is 0 Å². The zero-order valence-electron chi connectivity index (χ0n) is 9.34. The molecule has 1 aliphatic rings. The Morgan fingerprint density at radius 2 is 2.21 bits per heavy atom. The van der Waals surface area contributed by atoms with Gasteiger partial charge in [-0.15, -0.1) is 0 Å². The van der Waals surface area contributed by atoms with Gasteiger partial charge in [0.25, 0.3) is 0 Å². The quantitative estimate of drug-likeness (QED) is 0.553. The second-order valence-corrected chi connectivity index (χ2v) is 5.52. The van der Waals surface area contributed by atoms with Gasteiger partial charge in [0.05, 0.1) is 6.54 Å². The minimum Gasteiger partial charge on any atom is -0.370 e. The fraction of sp³-hybridized carbons (Fsp3) is 0.900. The largest absolute Gasteiger partial charge is 0.370 e. The average Bonchev–Trinajstić information content (AvgIpc) is 2.01. The molecule has 1 fully saturated rings. The summed E-state index contributed by atoms with van der Waals surface area (Å²) >= 11 is 1.93. The maximum Gasteiger partial charge on any atom is 0.188 e. The maximum atomic E-state index is 5.74. The van der Waals surface area contributed by atoms with E-state index in [0.29, 0.717) is 16.7 Å². The van der Waals surface area contributed by atoms with Gasteiger partial charge in [-0.05, 0) is 32.9 Å². The lowest BCUT2D eigenvalue weighted by Gasteiger charge is -2.39. The van der Waals surface area contributed by atoms with Crippen LogP contribution in [0, 0.1) is 0 Å². The summed E-state index contributed by atoms with van der Waals surface area (Å²) in [7, 11) is 0. The molecule has 1 saturated carbocycles. The number of nitrogens with two attached hydrogens (primary N) is 1. The fourth-order valence-electron chi connectivity index (χ4n) is 1.57. The highest BCUT2D eigenvalue weighted by Gasteiger charge is 2.35. The zero-order valence-corrected chi connectivity index (χ0v) is 10.2. The van der Waals surface area contributed by atoms with Crippen molar-refractivity contribution < 1.29 is 0 Å². The summed E-state index contributed by atoms with van der Waals surface area (Å²) in [6.07, 6.45) is 6.08. The summed E-state index contributed by atoms with van der Waals surface area (Å²) in [5.41, 5.74) is 5.74. The number of rotatable bonds is 4. The molecule has 4 heteroatoms. The number of guanidine groups is 1. The first kappa shape index (κ1) is 11.7. The average molecular weight is 215 g/mol. The van der Waals surface area contributed by atoms with E-state index < -0.39 is 0 Å². The molecule has 3 nitrogen and oxygen atoms in total. The van der Waals surface area contributed by atoms with Crippen LogP contribution < -0.4 is 11.1 Å². The topological polar surface area (TPSA) is 50.4 Å². The van der Waals surface area contributed by atoms with Gasteiger partial charge in [0.2, 0.25) is 0 Å². The Morgan fingerprint density at radius 1 is 1.57 bits per heavy atom. The predicted octanol–water partition coefficient (Wildman–Crippen LogP) is 1.58. The smallest absolute Gasteiger partial charge is 0.188 e. The molecule has 0 aromatic carbocycles.